The summed E-state index contributed by atoms with van der Waals surface area (Å²) in [6, 6.07) is 15.4. The highest BCUT2D eigenvalue weighted by atomic mass is 16.5. The zero-order chi connectivity index (χ0) is 22.9. The molecule has 32 heavy (non-hydrogen) atoms. The highest BCUT2D eigenvalue weighted by Crippen LogP contribution is 2.21. The Morgan fingerprint density at radius 2 is 1.75 bits per heavy atom. The molecular weight excluding hydrogens is 400 g/mol. The van der Waals surface area contributed by atoms with Crippen LogP contribution in [0, 0.1) is 6.92 Å². The first-order valence-corrected chi connectivity index (χ1v) is 11.8. The third-order valence-electron chi connectivity index (χ3n) is 6.45. The monoisotopic (exact) mass is 436 g/mol. The van der Waals surface area contributed by atoms with E-state index < -0.39 is 6.04 Å². The summed E-state index contributed by atoms with van der Waals surface area (Å²) in [4.78, 5) is 28.5. The Hall–Kier alpha value is -2.82. The van der Waals surface area contributed by atoms with Crippen molar-refractivity contribution in [2.45, 2.75) is 77.4 Å². The molecule has 2 aromatic rings. The molecule has 0 bridgehead atoms. The van der Waals surface area contributed by atoms with Crippen LogP contribution in [-0.2, 0) is 22.6 Å². The molecule has 5 nitrogen and oxygen atoms in total. The molecular formula is C27H36N2O3. The number of carbonyl (C=O) groups excluding carboxylic acids is 2. The van der Waals surface area contributed by atoms with Crippen LogP contribution in [0.1, 0.15) is 62.1 Å². The van der Waals surface area contributed by atoms with Crippen molar-refractivity contribution in [3.63, 3.8) is 0 Å². The lowest BCUT2D eigenvalue weighted by molar-refractivity contribution is -0.141. The van der Waals surface area contributed by atoms with Crippen molar-refractivity contribution in [1.82, 2.24) is 10.2 Å². The van der Waals surface area contributed by atoms with E-state index in [0.29, 0.717) is 13.0 Å². The molecule has 1 saturated carbocycles. The van der Waals surface area contributed by atoms with Crippen LogP contribution in [0.15, 0.2) is 48.5 Å². The van der Waals surface area contributed by atoms with Gasteiger partial charge >= 0.3 is 0 Å². The number of ether oxygens (including phenoxy) is 1. The maximum Gasteiger partial charge on any atom is 0.243 e. The van der Waals surface area contributed by atoms with E-state index in [1.165, 1.54) is 6.42 Å². The Morgan fingerprint density at radius 1 is 1.06 bits per heavy atom. The molecule has 1 fully saturated rings. The highest BCUT2D eigenvalue weighted by Gasteiger charge is 2.30. The fraction of sp³-hybridized carbons (Fsp3) is 0.481. The molecule has 0 aromatic heterocycles. The molecule has 2 amide bonds. The van der Waals surface area contributed by atoms with Gasteiger partial charge in [-0.15, -0.1) is 0 Å². The van der Waals surface area contributed by atoms with Crippen LogP contribution < -0.4 is 10.1 Å². The third-order valence-corrected chi connectivity index (χ3v) is 6.45. The Balaban J connectivity index is 1.81. The maximum atomic E-state index is 13.5. The summed E-state index contributed by atoms with van der Waals surface area (Å²) >= 11 is 0. The molecule has 1 N–H and O–H groups in total. The molecule has 1 aliphatic rings. The third kappa shape index (κ3) is 6.35. The summed E-state index contributed by atoms with van der Waals surface area (Å²) in [5.41, 5.74) is 3.07. The SMILES string of the molecule is CC[C@@H](C(=O)NC1CCCCC1)N(Cc1ccc(OC)cc1)C(=O)Cc1ccccc1C. The minimum absolute atomic E-state index is 0.0271. The number of aryl methyl sites for hydroxylation is 1. The lowest BCUT2D eigenvalue weighted by Gasteiger charge is -2.33. The lowest BCUT2D eigenvalue weighted by atomic mass is 9.95. The van der Waals surface area contributed by atoms with Crippen molar-refractivity contribution in [1.29, 1.82) is 0 Å². The van der Waals surface area contributed by atoms with Crippen molar-refractivity contribution >= 4 is 11.8 Å². The average Bonchev–Trinajstić information content (AvgIpc) is 2.81. The van der Waals surface area contributed by atoms with Gasteiger partial charge in [0, 0.05) is 12.6 Å². The summed E-state index contributed by atoms with van der Waals surface area (Å²) in [5.74, 6) is 0.709. The standard InChI is InChI=1S/C27H36N2O3/c1-4-25(27(31)28-23-12-6-5-7-13-23)29(19-21-14-16-24(32-3)17-15-21)26(30)18-22-11-9-8-10-20(22)2/h8-11,14-17,23,25H,4-7,12-13,18-19H2,1-3H3,(H,28,31)/t25-/m0/s1. The number of rotatable bonds is 9. The second-order valence-electron chi connectivity index (χ2n) is 8.74. The van der Waals surface area contributed by atoms with Gasteiger partial charge < -0.3 is 15.0 Å². The molecule has 172 valence electrons. The smallest absolute Gasteiger partial charge is 0.243 e. The van der Waals surface area contributed by atoms with Crippen LogP contribution >= 0.6 is 0 Å². The summed E-state index contributed by atoms with van der Waals surface area (Å²) in [7, 11) is 1.63. The Labute approximate surface area is 192 Å². The second-order valence-corrected chi connectivity index (χ2v) is 8.74. The van der Waals surface area contributed by atoms with E-state index in [1.807, 2.05) is 62.4 Å². The molecule has 0 radical (unpaired) electrons. The Bertz CT molecular complexity index is 888. The van der Waals surface area contributed by atoms with Gasteiger partial charge in [0.05, 0.1) is 13.5 Å². The number of hydrogen-bond donors (Lipinski definition) is 1. The first kappa shape index (κ1) is 23.8. The van der Waals surface area contributed by atoms with Crippen LogP contribution in [0.25, 0.3) is 0 Å². The first-order valence-electron chi connectivity index (χ1n) is 11.8. The normalized spacial score (nSPS) is 15.1. The summed E-state index contributed by atoms with van der Waals surface area (Å²) in [6.45, 7) is 4.39. The van der Waals surface area contributed by atoms with Gasteiger partial charge in [0.2, 0.25) is 11.8 Å². The predicted octanol–water partition coefficient (Wildman–Crippen LogP) is 4.80. The van der Waals surface area contributed by atoms with Crippen molar-refractivity contribution in [3.8, 4) is 5.75 Å². The van der Waals surface area contributed by atoms with Crippen molar-refractivity contribution < 1.29 is 14.3 Å². The molecule has 3 rings (SSSR count). The number of hydrogen-bond acceptors (Lipinski definition) is 3. The van der Waals surface area contributed by atoms with Crippen LogP contribution in [0.2, 0.25) is 0 Å². The van der Waals surface area contributed by atoms with E-state index in [1.54, 1.807) is 12.0 Å². The van der Waals surface area contributed by atoms with Gasteiger partial charge in [0.15, 0.2) is 0 Å². The van der Waals surface area contributed by atoms with Crippen LogP contribution in [0.5, 0.6) is 5.75 Å². The van der Waals surface area contributed by atoms with E-state index in [0.717, 1.165) is 48.1 Å². The summed E-state index contributed by atoms with van der Waals surface area (Å²) < 4.78 is 5.26. The number of nitrogens with one attached hydrogen (secondary N) is 1. The van der Waals surface area contributed by atoms with Gasteiger partial charge in [-0.3, -0.25) is 9.59 Å². The van der Waals surface area contributed by atoms with Crippen LogP contribution in [0.3, 0.4) is 0 Å². The quantitative estimate of drug-likeness (QED) is 0.614. The predicted molar refractivity (Wildman–Crippen MR) is 128 cm³/mol. The molecule has 0 spiro atoms. The van der Waals surface area contributed by atoms with Crippen molar-refractivity contribution in [2.75, 3.05) is 7.11 Å². The van der Waals surface area contributed by atoms with Gasteiger partial charge in [0.25, 0.3) is 0 Å². The van der Waals surface area contributed by atoms with Crippen molar-refractivity contribution in [2.24, 2.45) is 0 Å². The number of methoxy groups -OCH3 is 1. The van der Waals surface area contributed by atoms with Gasteiger partial charge in [0.1, 0.15) is 11.8 Å². The first-order chi connectivity index (χ1) is 15.5. The van der Waals surface area contributed by atoms with Crippen LogP contribution in [0.4, 0.5) is 0 Å². The largest absolute Gasteiger partial charge is 0.497 e. The average molecular weight is 437 g/mol. The van der Waals surface area contributed by atoms with Gasteiger partial charge in [-0.05, 0) is 55.0 Å². The van der Waals surface area contributed by atoms with Crippen LogP contribution in [-0.4, -0.2) is 35.9 Å². The lowest BCUT2D eigenvalue weighted by Crippen LogP contribution is -2.52. The number of nitrogens with zero attached hydrogens (tertiary/aromatic N) is 1. The zero-order valence-corrected chi connectivity index (χ0v) is 19.6. The molecule has 5 heteroatoms. The van der Waals surface area contributed by atoms with E-state index in [-0.39, 0.29) is 24.3 Å². The highest BCUT2D eigenvalue weighted by molar-refractivity contribution is 5.88. The van der Waals surface area contributed by atoms with E-state index in [4.69, 9.17) is 4.74 Å². The summed E-state index contributed by atoms with van der Waals surface area (Å²) in [6.07, 6.45) is 6.47. The molecule has 2 aromatic carbocycles. The van der Waals surface area contributed by atoms with Gasteiger partial charge in [-0.2, -0.15) is 0 Å². The molecule has 0 unspecified atom stereocenters. The van der Waals surface area contributed by atoms with Gasteiger partial charge in [-0.1, -0.05) is 62.6 Å². The van der Waals surface area contributed by atoms with Gasteiger partial charge in [-0.25, -0.2) is 0 Å². The number of benzene rings is 2. The number of carbonyl (C=O) groups is 2. The number of amides is 2. The minimum Gasteiger partial charge on any atom is -0.497 e. The topological polar surface area (TPSA) is 58.6 Å². The second kappa shape index (κ2) is 11.7. The zero-order valence-electron chi connectivity index (χ0n) is 19.6. The van der Waals surface area contributed by atoms with Crippen molar-refractivity contribution in [3.05, 3.63) is 65.2 Å². The Morgan fingerprint density at radius 3 is 2.38 bits per heavy atom. The maximum absolute atomic E-state index is 13.5. The molecule has 0 saturated heterocycles. The fourth-order valence-electron chi connectivity index (χ4n) is 4.46. The molecule has 0 heterocycles. The molecule has 1 atom stereocenters. The van der Waals surface area contributed by atoms with E-state index in [9.17, 15) is 9.59 Å². The summed E-state index contributed by atoms with van der Waals surface area (Å²) in [5, 5.41) is 3.23. The molecule has 1 aliphatic carbocycles. The Kier molecular flexibility index (Phi) is 8.72. The van der Waals surface area contributed by atoms with E-state index >= 15 is 0 Å². The van der Waals surface area contributed by atoms with E-state index in [2.05, 4.69) is 5.32 Å². The fourth-order valence-corrected chi connectivity index (χ4v) is 4.46. The minimum atomic E-state index is -0.490. The molecule has 0 aliphatic heterocycles.